The van der Waals surface area contributed by atoms with E-state index in [0.29, 0.717) is 11.2 Å². The van der Waals surface area contributed by atoms with Crippen LogP contribution in [0, 0.1) is 0 Å². The maximum absolute atomic E-state index is 11.2. The zero-order chi connectivity index (χ0) is 13.2. The summed E-state index contributed by atoms with van der Waals surface area (Å²) in [4.78, 5) is 20.6. The number of anilines is 2. The van der Waals surface area contributed by atoms with E-state index in [-0.39, 0.29) is 5.69 Å². The van der Waals surface area contributed by atoms with Crippen LogP contribution >= 0.6 is 0 Å². The zero-order valence-corrected chi connectivity index (χ0v) is 10.2. The van der Waals surface area contributed by atoms with E-state index in [9.17, 15) is 4.79 Å². The predicted molar refractivity (Wildman–Crippen MR) is 73.0 cm³/mol. The number of aromatic amines is 2. The van der Waals surface area contributed by atoms with E-state index in [1.54, 1.807) is 13.3 Å². The molecule has 0 aliphatic rings. The quantitative estimate of drug-likeness (QED) is 0.669. The number of aromatic nitrogens is 3. The number of methoxy groups -OCH3 is 1. The van der Waals surface area contributed by atoms with Crippen molar-refractivity contribution in [2.45, 2.75) is 0 Å². The summed E-state index contributed by atoms with van der Waals surface area (Å²) in [6.45, 7) is 0. The third kappa shape index (κ3) is 2.28. The molecule has 0 amide bonds. The Morgan fingerprint density at radius 3 is 2.95 bits per heavy atom. The van der Waals surface area contributed by atoms with Gasteiger partial charge < -0.3 is 15.0 Å². The Balaban J connectivity index is 1.93. The van der Waals surface area contributed by atoms with Crippen LogP contribution in [0.15, 0.2) is 41.3 Å². The van der Waals surface area contributed by atoms with Crippen LogP contribution < -0.4 is 15.7 Å². The first kappa shape index (κ1) is 11.3. The molecule has 1 aromatic carbocycles. The standard InChI is InChI=1S/C13H12N4O2/c1-19-10-4-2-3-8(5-10)15-9-6-11-12(14-7-9)17-13(18)16-11/h2-7,15H,1H3,(H2,14,16,17,18). The van der Waals surface area contributed by atoms with Gasteiger partial charge in [0.2, 0.25) is 0 Å². The molecular formula is C13H12N4O2. The first-order chi connectivity index (χ1) is 9.24. The highest BCUT2D eigenvalue weighted by Gasteiger charge is 2.02. The van der Waals surface area contributed by atoms with Gasteiger partial charge in [-0.25, -0.2) is 9.78 Å². The van der Waals surface area contributed by atoms with Crippen LogP contribution in [-0.2, 0) is 0 Å². The number of nitrogens with one attached hydrogen (secondary N) is 3. The zero-order valence-electron chi connectivity index (χ0n) is 10.2. The van der Waals surface area contributed by atoms with Crippen LogP contribution in [-0.4, -0.2) is 22.1 Å². The average Bonchev–Trinajstić information content (AvgIpc) is 2.78. The van der Waals surface area contributed by atoms with Crippen molar-refractivity contribution in [3.05, 3.63) is 47.0 Å². The summed E-state index contributed by atoms with van der Waals surface area (Å²) in [7, 11) is 1.62. The number of pyridine rings is 1. The van der Waals surface area contributed by atoms with Crippen molar-refractivity contribution in [2.24, 2.45) is 0 Å². The van der Waals surface area contributed by atoms with Gasteiger partial charge in [-0.2, -0.15) is 0 Å². The minimum atomic E-state index is -0.263. The van der Waals surface area contributed by atoms with E-state index in [1.807, 2.05) is 30.3 Å². The highest BCUT2D eigenvalue weighted by molar-refractivity contribution is 5.76. The minimum Gasteiger partial charge on any atom is -0.497 e. The lowest BCUT2D eigenvalue weighted by Crippen LogP contribution is -1.99. The molecule has 0 unspecified atom stereocenters. The second-order valence-corrected chi connectivity index (χ2v) is 4.06. The molecule has 19 heavy (non-hydrogen) atoms. The molecule has 3 rings (SSSR count). The average molecular weight is 256 g/mol. The molecule has 2 heterocycles. The molecule has 6 heteroatoms. The number of fused-ring (bicyclic) bond motifs is 1. The van der Waals surface area contributed by atoms with Crippen LogP contribution in [0.3, 0.4) is 0 Å². The first-order valence-electron chi connectivity index (χ1n) is 5.74. The molecule has 0 atom stereocenters. The van der Waals surface area contributed by atoms with Crippen molar-refractivity contribution >= 4 is 22.5 Å². The summed E-state index contributed by atoms with van der Waals surface area (Å²) in [5.74, 6) is 0.772. The molecule has 3 N–H and O–H groups in total. The van der Waals surface area contributed by atoms with Crippen LogP contribution in [0.1, 0.15) is 0 Å². The van der Waals surface area contributed by atoms with Gasteiger partial charge in [-0.05, 0) is 18.2 Å². The predicted octanol–water partition coefficient (Wildman–Crippen LogP) is 2.00. The lowest BCUT2D eigenvalue weighted by molar-refractivity contribution is 0.415. The van der Waals surface area contributed by atoms with Crippen molar-refractivity contribution in [3.8, 4) is 5.75 Å². The van der Waals surface area contributed by atoms with E-state index in [1.165, 1.54) is 0 Å². The highest BCUT2D eigenvalue weighted by atomic mass is 16.5. The second-order valence-electron chi connectivity index (χ2n) is 4.06. The lowest BCUT2D eigenvalue weighted by atomic mass is 10.3. The first-order valence-corrected chi connectivity index (χ1v) is 5.74. The largest absolute Gasteiger partial charge is 0.497 e. The maximum Gasteiger partial charge on any atom is 0.325 e. The van der Waals surface area contributed by atoms with Gasteiger partial charge in [0.05, 0.1) is 24.5 Å². The Hall–Kier alpha value is -2.76. The summed E-state index contributed by atoms with van der Waals surface area (Å²) < 4.78 is 5.16. The van der Waals surface area contributed by atoms with Gasteiger partial charge in [0.25, 0.3) is 0 Å². The van der Waals surface area contributed by atoms with Gasteiger partial charge >= 0.3 is 5.69 Å². The van der Waals surface area contributed by atoms with E-state index in [2.05, 4.69) is 20.3 Å². The molecule has 6 nitrogen and oxygen atoms in total. The van der Waals surface area contributed by atoms with E-state index in [0.717, 1.165) is 17.1 Å². The fourth-order valence-corrected chi connectivity index (χ4v) is 1.86. The number of hydrogen-bond acceptors (Lipinski definition) is 4. The number of hydrogen-bond donors (Lipinski definition) is 3. The van der Waals surface area contributed by atoms with Crippen molar-refractivity contribution in [2.75, 3.05) is 12.4 Å². The molecule has 0 saturated carbocycles. The van der Waals surface area contributed by atoms with Gasteiger partial charge in [-0.15, -0.1) is 0 Å². The topological polar surface area (TPSA) is 82.8 Å². The van der Waals surface area contributed by atoms with Crippen molar-refractivity contribution in [1.29, 1.82) is 0 Å². The Kier molecular flexibility index (Phi) is 2.68. The molecule has 0 radical (unpaired) electrons. The molecule has 0 fully saturated rings. The van der Waals surface area contributed by atoms with E-state index >= 15 is 0 Å². The Labute approximate surface area is 108 Å². The molecule has 0 aliphatic carbocycles. The smallest absolute Gasteiger partial charge is 0.325 e. The number of nitrogens with zero attached hydrogens (tertiary/aromatic N) is 1. The molecule has 0 spiro atoms. The van der Waals surface area contributed by atoms with Crippen molar-refractivity contribution in [1.82, 2.24) is 15.0 Å². The Bertz CT molecular complexity index is 775. The number of imidazole rings is 1. The molecule has 0 aliphatic heterocycles. The summed E-state index contributed by atoms with van der Waals surface area (Å²) in [6.07, 6.45) is 1.66. The second kappa shape index (κ2) is 4.49. The van der Waals surface area contributed by atoms with Crippen LogP contribution in [0.25, 0.3) is 11.2 Å². The number of rotatable bonds is 3. The molecule has 2 aromatic heterocycles. The minimum absolute atomic E-state index is 0.263. The summed E-state index contributed by atoms with van der Waals surface area (Å²) in [5.41, 5.74) is 2.62. The molecular weight excluding hydrogens is 244 g/mol. The Morgan fingerprint density at radius 2 is 2.11 bits per heavy atom. The summed E-state index contributed by atoms with van der Waals surface area (Å²) >= 11 is 0. The maximum atomic E-state index is 11.2. The highest BCUT2D eigenvalue weighted by Crippen LogP contribution is 2.21. The fraction of sp³-hybridized carbons (Fsp3) is 0.0769. The van der Waals surface area contributed by atoms with Gasteiger partial charge in [0.1, 0.15) is 5.75 Å². The van der Waals surface area contributed by atoms with Crippen LogP contribution in [0.4, 0.5) is 11.4 Å². The molecule has 96 valence electrons. The fourth-order valence-electron chi connectivity index (χ4n) is 1.86. The molecule has 0 bridgehead atoms. The third-order valence-electron chi connectivity index (χ3n) is 2.73. The number of H-pyrrole nitrogens is 2. The van der Waals surface area contributed by atoms with Gasteiger partial charge in [0.15, 0.2) is 5.65 Å². The summed E-state index contributed by atoms with van der Waals surface area (Å²) in [5, 5.41) is 3.20. The van der Waals surface area contributed by atoms with Crippen molar-refractivity contribution in [3.63, 3.8) is 0 Å². The molecule has 0 saturated heterocycles. The third-order valence-corrected chi connectivity index (χ3v) is 2.73. The van der Waals surface area contributed by atoms with E-state index in [4.69, 9.17) is 4.74 Å². The van der Waals surface area contributed by atoms with Crippen molar-refractivity contribution < 1.29 is 4.74 Å². The normalized spacial score (nSPS) is 10.6. The van der Waals surface area contributed by atoms with Crippen LogP contribution in [0.2, 0.25) is 0 Å². The lowest BCUT2D eigenvalue weighted by Gasteiger charge is -2.07. The Morgan fingerprint density at radius 1 is 1.21 bits per heavy atom. The summed E-state index contributed by atoms with van der Waals surface area (Å²) in [6, 6.07) is 9.39. The number of benzene rings is 1. The number of ether oxygens (including phenoxy) is 1. The van der Waals surface area contributed by atoms with E-state index < -0.39 is 0 Å². The molecule has 3 aromatic rings. The monoisotopic (exact) mass is 256 g/mol. The van der Waals surface area contributed by atoms with Gasteiger partial charge in [0, 0.05) is 11.8 Å². The van der Waals surface area contributed by atoms with Crippen LogP contribution in [0.5, 0.6) is 5.75 Å². The SMILES string of the molecule is COc1cccc(Nc2cnc3[nH]c(=O)[nH]c3c2)c1. The van der Waals surface area contributed by atoms with Gasteiger partial charge in [-0.3, -0.25) is 4.98 Å². The van der Waals surface area contributed by atoms with Gasteiger partial charge in [-0.1, -0.05) is 6.07 Å².